The van der Waals surface area contributed by atoms with Crippen LogP contribution in [-0.2, 0) is 0 Å². The summed E-state index contributed by atoms with van der Waals surface area (Å²) >= 11 is 0. The fourth-order valence-electron chi connectivity index (χ4n) is 1.39. The van der Waals surface area contributed by atoms with Gasteiger partial charge in [-0.1, -0.05) is 0 Å². The summed E-state index contributed by atoms with van der Waals surface area (Å²) in [4.78, 5) is 3.98. The lowest BCUT2D eigenvalue weighted by Gasteiger charge is -2.16. The van der Waals surface area contributed by atoms with Gasteiger partial charge in [0.2, 0.25) is 5.88 Å². The first-order chi connectivity index (χ1) is 7.60. The van der Waals surface area contributed by atoms with Crippen molar-refractivity contribution in [1.29, 1.82) is 5.26 Å². The van der Waals surface area contributed by atoms with Crippen molar-refractivity contribution < 1.29 is 14.9 Å². The smallest absolute Gasteiger partial charge is 0.215 e. The van der Waals surface area contributed by atoms with Crippen LogP contribution in [0.4, 0.5) is 0 Å². The van der Waals surface area contributed by atoms with E-state index in [-0.39, 0.29) is 6.42 Å². The molecule has 0 aromatic carbocycles. The molecule has 5 nitrogen and oxygen atoms in total. The Morgan fingerprint density at radius 3 is 2.75 bits per heavy atom. The Balaban J connectivity index is 2.89. The monoisotopic (exact) mass is 222 g/mol. The molecule has 1 heterocycles. The lowest BCUT2D eigenvalue weighted by molar-refractivity contribution is 0.0213. The summed E-state index contributed by atoms with van der Waals surface area (Å²) in [6, 6.07) is 3.48. The van der Waals surface area contributed by atoms with Crippen LogP contribution >= 0.6 is 0 Å². The van der Waals surface area contributed by atoms with Crippen molar-refractivity contribution >= 4 is 0 Å². The molecular weight excluding hydrogens is 208 g/mol. The molecule has 0 amide bonds. The number of aryl methyl sites for hydroxylation is 1. The molecule has 0 saturated heterocycles. The van der Waals surface area contributed by atoms with Gasteiger partial charge in [-0.2, -0.15) is 5.26 Å². The number of ether oxygens (including phenoxy) is 1. The van der Waals surface area contributed by atoms with Gasteiger partial charge in [0.25, 0.3) is 0 Å². The number of hydrogen-bond donors (Lipinski definition) is 2. The number of methoxy groups -OCH3 is 1. The van der Waals surface area contributed by atoms with Gasteiger partial charge in [-0.05, 0) is 13.0 Å². The third-order valence-corrected chi connectivity index (χ3v) is 2.25. The molecule has 0 bridgehead atoms. The van der Waals surface area contributed by atoms with Crippen LogP contribution in [0.15, 0.2) is 12.3 Å². The minimum absolute atomic E-state index is 0.119. The summed E-state index contributed by atoms with van der Waals surface area (Å²) in [5.41, 5.74) is 1.24. The number of aliphatic hydroxyl groups excluding tert-OH is 2. The Hall–Kier alpha value is -1.64. The van der Waals surface area contributed by atoms with Crippen molar-refractivity contribution in [1.82, 2.24) is 4.98 Å². The summed E-state index contributed by atoms with van der Waals surface area (Å²) in [5, 5.41) is 27.6. The molecule has 86 valence electrons. The van der Waals surface area contributed by atoms with E-state index in [4.69, 9.17) is 10.00 Å². The Morgan fingerprint density at radius 2 is 2.25 bits per heavy atom. The van der Waals surface area contributed by atoms with E-state index < -0.39 is 12.2 Å². The van der Waals surface area contributed by atoms with Gasteiger partial charge in [0, 0.05) is 17.3 Å². The first-order valence-electron chi connectivity index (χ1n) is 4.83. The third kappa shape index (κ3) is 2.69. The van der Waals surface area contributed by atoms with E-state index in [1.165, 1.54) is 13.3 Å². The average molecular weight is 222 g/mol. The molecular formula is C11H14N2O3. The van der Waals surface area contributed by atoms with E-state index in [1.807, 2.05) is 0 Å². The minimum Gasteiger partial charge on any atom is -0.481 e. The minimum atomic E-state index is -1.10. The SMILES string of the molecule is COc1ncc(C(O)C(O)CC#N)cc1C. The molecule has 1 aromatic rings. The molecule has 2 atom stereocenters. The van der Waals surface area contributed by atoms with E-state index in [1.54, 1.807) is 19.1 Å². The molecule has 0 fully saturated rings. The van der Waals surface area contributed by atoms with Gasteiger partial charge in [-0.25, -0.2) is 4.98 Å². The van der Waals surface area contributed by atoms with Gasteiger partial charge in [-0.3, -0.25) is 0 Å². The fourth-order valence-corrected chi connectivity index (χ4v) is 1.39. The van der Waals surface area contributed by atoms with Crippen LogP contribution in [0.5, 0.6) is 5.88 Å². The maximum Gasteiger partial charge on any atom is 0.215 e. The van der Waals surface area contributed by atoms with Crippen molar-refractivity contribution in [3.8, 4) is 11.9 Å². The standard InChI is InChI=1S/C11H14N2O3/c1-7-5-8(6-13-11(7)16-2)10(15)9(14)3-4-12/h5-6,9-10,14-15H,3H2,1-2H3. The normalized spacial score (nSPS) is 13.9. The van der Waals surface area contributed by atoms with E-state index in [2.05, 4.69) is 4.98 Å². The Bertz CT molecular complexity index is 401. The number of aliphatic hydroxyl groups is 2. The summed E-state index contributed by atoms with van der Waals surface area (Å²) in [6.45, 7) is 1.79. The molecule has 0 aliphatic heterocycles. The highest BCUT2D eigenvalue weighted by atomic mass is 16.5. The second-order valence-corrected chi connectivity index (χ2v) is 3.47. The van der Waals surface area contributed by atoms with E-state index in [0.717, 1.165) is 5.56 Å². The number of aromatic nitrogens is 1. The van der Waals surface area contributed by atoms with Gasteiger partial charge in [-0.15, -0.1) is 0 Å². The van der Waals surface area contributed by atoms with Crippen LogP contribution in [0.1, 0.15) is 23.7 Å². The summed E-state index contributed by atoms with van der Waals surface area (Å²) < 4.78 is 4.98. The second-order valence-electron chi connectivity index (χ2n) is 3.47. The number of nitrogens with zero attached hydrogens (tertiary/aromatic N) is 2. The zero-order valence-corrected chi connectivity index (χ0v) is 9.21. The van der Waals surface area contributed by atoms with Gasteiger partial charge >= 0.3 is 0 Å². The summed E-state index contributed by atoms with van der Waals surface area (Å²) in [5.74, 6) is 0.478. The molecule has 0 aliphatic carbocycles. The quantitative estimate of drug-likeness (QED) is 0.783. The van der Waals surface area contributed by atoms with Crippen molar-refractivity contribution in [3.63, 3.8) is 0 Å². The van der Waals surface area contributed by atoms with Crippen molar-refractivity contribution in [2.24, 2.45) is 0 Å². The predicted octanol–water partition coefficient (Wildman–Crippen LogP) is 0.707. The van der Waals surface area contributed by atoms with Crippen molar-refractivity contribution in [2.75, 3.05) is 7.11 Å². The maximum absolute atomic E-state index is 9.73. The number of rotatable bonds is 4. The molecule has 0 spiro atoms. The summed E-state index contributed by atoms with van der Waals surface area (Å²) in [7, 11) is 1.51. The van der Waals surface area contributed by atoms with E-state index in [0.29, 0.717) is 11.4 Å². The van der Waals surface area contributed by atoms with Gasteiger partial charge in [0.1, 0.15) is 6.10 Å². The summed E-state index contributed by atoms with van der Waals surface area (Å²) in [6.07, 6.45) is -0.889. The molecule has 0 saturated carbocycles. The highest BCUT2D eigenvalue weighted by Crippen LogP contribution is 2.22. The number of pyridine rings is 1. The highest BCUT2D eigenvalue weighted by Gasteiger charge is 2.19. The van der Waals surface area contributed by atoms with E-state index in [9.17, 15) is 10.2 Å². The topological polar surface area (TPSA) is 86.4 Å². The molecule has 16 heavy (non-hydrogen) atoms. The van der Waals surface area contributed by atoms with Crippen LogP contribution in [0.25, 0.3) is 0 Å². The zero-order chi connectivity index (χ0) is 12.1. The van der Waals surface area contributed by atoms with Crippen LogP contribution in [0.3, 0.4) is 0 Å². The molecule has 1 aromatic heterocycles. The van der Waals surface area contributed by atoms with Crippen molar-refractivity contribution in [3.05, 3.63) is 23.4 Å². The van der Waals surface area contributed by atoms with Crippen LogP contribution in [0, 0.1) is 18.3 Å². The van der Waals surface area contributed by atoms with E-state index >= 15 is 0 Å². The lowest BCUT2D eigenvalue weighted by atomic mass is 10.0. The molecule has 0 radical (unpaired) electrons. The molecule has 0 aliphatic rings. The maximum atomic E-state index is 9.73. The fraction of sp³-hybridized carbons (Fsp3) is 0.455. The largest absolute Gasteiger partial charge is 0.481 e. The highest BCUT2D eigenvalue weighted by molar-refractivity contribution is 5.30. The molecule has 2 unspecified atom stereocenters. The van der Waals surface area contributed by atoms with Crippen LogP contribution in [0.2, 0.25) is 0 Å². The second kappa shape index (κ2) is 5.45. The average Bonchev–Trinajstić information content (AvgIpc) is 2.28. The van der Waals surface area contributed by atoms with Gasteiger partial charge in [0.15, 0.2) is 0 Å². The molecule has 2 N–H and O–H groups in total. The van der Waals surface area contributed by atoms with Crippen molar-refractivity contribution in [2.45, 2.75) is 25.6 Å². The Morgan fingerprint density at radius 1 is 1.56 bits per heavy atom. The van der Waals surface area contributed by atoms with Crippen LogP contribution in [-0.4, -0.2) is 28.4 Å². The first kappa shape index (κ1) is 12.4. The Kier molecular flexibility index (Phi) is 4.23. The number of hydrogen-bond acceptors (Lipinski definition) is 5. The zero-order valence-electron chi connectivity index (χ0n) is 9.21. The Labute approximate surface area is 93.9 Å². The van der Waals surface area contributed by atoms with Gasteiger partial charge < -0.3 is 14.9 Å². The molecule has 5 heteroatoms. The molecule has 1 rings (SSSR count). The first-order valence-corrected chi connectivity index (χ1v) is 4.83. The van der Waals surface area contributed by atoms with Gasteiger partial charge in [0.05, 0.1) is 25.7 Å². The third-order valence-electron chi connectivity index (χ3n) is 2.25. The predicted molar refractivity (Wildman–Crippen MR) is 56.7 cm³/mol. The number of nitriles is 1. The van der Waals surface area contributed by atoms with Crippen LogP contribution < -0.4 is 4.74 Å². The lowest BCUT2D eigenvalue weighted by Crippen LogP contribution is -2.17.